The first kappa shape index (κ1) is 29.0. The second-order valence-electron chi connectivity index (χ2n) is 8.39. The van der Waals surface area contributed by atoms with Gasteiger partial charge < -0.3 is 28.9 Å². The number of hydrazine groups is 1. The molecule has 0 atom stereocenters. The maximum Gasteiger partial charge on any atom is 0.409 e. The molecule has 2 aromatic rings. The number of amides is 1. The monoisotopic (exact) mass is 555 g/mol. The van der Waals surface area contributed by atoms with E-state index in [1.807, 2.05) is 17.0 Å². The molecule has 37 heavy (non-hydrogen) atoms. The molecule has 1 amide bonds. The average Bonchev–Trinajstić information content (AvgIpc) is 2.90. The van der Waals surface area contributed by atoms with Crippen molar-refractivity contribution in [2.75, 3.05) is 88.1 Å². The van der Waals surface area contributed by atoms with Crippen LogP contribution in [0.4, 0.5) is 22.4 Å². The Morgan fingerprint density at radius 2 is 1.68 bits per heavy atom. The molecule has 0 radical (unpaired) electrons. The van der Waals surface area contributed by atoms with Crippen LogP contribution in [0.25, 0.3) is 0 Å². The van der Waals surface area contributed by atoms with Crippen molar-refractivity contribution in [2.45, 2.75) is 13.5 Å². The van der Waals surface area contributed by atoms with Gasteiger partial charge in [0.15, 0.2) is 5.82 Å². The summed E-state index contributed by atoms with van der Waals surface area (Å²) in [5.74, 6) is 8.23. The van der Waals surface area contributed by atoms with Crippen LogP contribution in [0.2, 0.25) is 10.0 Å². The second-order valence-corrected chi connectivity index (χ2v) is 9.24. The molecule has 2 heterocycles. The van der Waals surface area contributed by atoms with Gasteiger partial charge in [-0.15, -0.1) is 0 Å². The van der Waals surface area contributed by atoms with Gasteiger partial charge in [0.05, 0.1) is 26.4 Å². The van der Waals surface area contributed by atoms with Crippen molar-refractivity contribution >= 4 is 46.9 Å². The third-order valence-corrected chi connectivity index (χ3v) is 6.47. The summed E-state index contributed by atoms with van der Waals surface area (Å²) in [5.41, 5.74) is 0.814. The fourth-order valence-corrected chi connectivity index (χ4v) is 4.29. The van der Waals surface area contributed by atoms with Crippen molar-refractivity contribution in [3.63, 3.8) is 0 Å². The average molecular weight is 556 g/mol. The molecule has 1 fully saturated rings. The molecule has 0 bridgehead atoms. The van der Waals surface area contributed by atoms with Crippen molar-refractivity contribution in [1.29, 1.82) is 0 Å². The van der Waals surface area contributed by atoms with Gasteiger partial charge >= 0.3 is 6.09 Å². The van der Waals surface area contributed by atoms with Crippen LogP contribution in [0.1, 0.15) is 12.5 Å². The third-order valence-electron chi connectivity index (χ3n) is 5.88. The van der Waals surface area contributed by atoms with Gasteiger partial charge in [-0.2, -0.15) is 9.97 Å². The minimum Gasteiger partial charge on any atom is -0.450 e. The number of anilines is 3. The topological polar surface area (TPSA) is 110 Å². The first-order valence-corrected chi connectivity index (χ1v) is 12.9. The first-order valence-electron chi connectivity index (χ1n) is 12.1. The van der Waals surface area contributed by atoms with Crippen LogP contribution in [0.3, 0.4) is 0 Å². The van der Waals surface area contributed by atoms with Crippen LogP contribution in [-0.2, 0) is 20.8 Å². The van der Waals surface area contributed by atoms with E-state index < -0.39 is 0 Å². The summed E-state index contributed by atoms with van der Waals surface area (Å²) in [6.45, 7) is 6.85. The van der Waals surface area contributed by atoms with E-state index in [9.17, 15) is 4.79 Å². The Morgan fingerprint density at radius 1 is 1.03 bits per heavy atom. The van der Waals surface area contributed by atoms with Gasteiger partial charge in [0, 0.05) is 69.6 Å². The number of rotatable bonds is 12. The van der Waals surface area contributed by atoms with E-state index in [4.69, 9.17) is 53.2 Å². The maximum atomic E-state index is 12.1. The summed E-state index contributed by atoms with van der Waals surface area (Å²) >= 11 is 12.4. The van der Waals surface area contributed by atoms with Gasteiger partial charge in [-0.25, -0.2) is 10.6 Å². The van der Waals surface area contributed by atoms with E-state index in [0.717, 1.165) is 5.56 Å². The van der Waals surface area contributed by atoms with E-state index in [-0.39, 0.29) is 6.09 Å². The number of halogens is 2. The number of methoxy groups -OCH3 is 2. The molecular formula is C24H35Cl2N7O4. The van der Waals surface area contributed by atoms with Crippen LogP contribution in [0.5, 0.6) is 0 Å². The standard InChI is InChI=1S/C24H35Cl2N7O4/c1-4-37-24(34)32-9-7-31(8-10-32)23-28-21(30(11-13-35-2)12-14-36-3)16-22(29-23)33(27)17-18-5-6-19(25)15-20(18)26/h5-6,15-16H,4,7-14,17,27H2,1-3H3. The summed E-state index contributed by atoms with van der Waals surface area (Å²) in [5, 5.41) is 2.61. The predicted molar refractivity (Wildman–Crippen MR) is 146 cm³/mol. The Hall–Kier alpha value is -2.57. The lowest BCUT2D eigenvalue weighted by molar-refractivity contribution is 0.105. The zero-order valence-electron chi connectivity index (χ0n) is 21.5. The molecule has 0 spiro atoms. The number of aromatic nitrogens is 2. The molecule has 2 N–H and O–H groups in total. The Morgan fingerprint density at radius 3 is 2.27 bits per heavy atom. The molecule has 3 rings (SSSR count). The van der Waals surface area contributed by atoms with E-state index >= 15 is 0 Å². The summed E-state index contributed by atoms with van der Waals surface area (Å²) in [6, 6.07) is 7.14. The van der Waals surface area contributed by atoms with E-state index in [0.29, 0.717) is 93.3 Å². The summed E-state index contributed by atoms with van der Waals surface area (Å²) < 4.78 is 15.8. The summed E-state index contributed by atoms with van der Waals surface area (Å²) in [4.78, 5) is 27.6. The Balaban J connectivity index is 1.89. The number of benzene rings is 1. The van der Waals surface area contributed by atoms with Crippen LogP contribution in [0.15, 0.2) is 24.3 Å². The third kappa shape index (κ3) is 8.21. The van der Waals surface area contributed by atoms with Crippen molar-refractivity contribution in [3.05, 3.63) is 39.9 Å². The molecule has 1 aromatic heterocycles. The summed E-state index contributed by atoms with van der Waals surface area (Å²) in [7, 11) is 3.32. The number of ether oxygens (including phenoxy) is 3. The largest absolute Gasteiger partial charge is 0.450 e. The minimum absolute atomic E-state index is 0.309. The lowest BCUT2D eigenvalue weighted by Gasteiger charge is -2.35. The molecule has 1 aliphatic rings. The molecule has 1 aromatic carbocycles. The Bertz CT molecular complexity index is 1020. The molecule has 0 aliphatic carbocycles. The van der Waals surface area contributed by atoms with Crippen molar-refractivity contribution in [1.82, 2.24) is 14.9 Å². The number of nitrogens with zero attached hydrogens (tertiary/aromatic N) is 6. The van der Waals surface area contributed by atoms with Gasteiger partial charge in [0.1, 0.15) is 5.82 Å². The van der Waals surface area contributed by atoms with Gasteiger partial charge in [-0.3, -0.25) is 5.01 Å². The van der Waals surface area contributed by atoms with Gasteiger partial charge in [0.2, 0.25) is 5.95 Å². The number of carbonyl (C=O) groups is 1. The highest BCUT2D eigenvalue weighted by Gasteiger charge is 2.25. The molecule has 11 nitrogen and oxygen atoms in total. The van der Waals surface area contributed by atoms with Gasteiger partial charge in [0.25, 0.3) is 0 Å². The first-order chi connectivity index (χ1) is 17.9. The predicted octanol–water partition coefficient (Wildman–Crippen LogP) is 3.04. The van der Waals surface area contributed by atoms with Crippen LogP contribution in [-0.4, -0.2) is 94.3 Å². The van der Waals surface area contributed by atoms with Gasteiger partial charge in [-0.05, 0) is 24.6 Å². The number of hydrogen-bond acceptors (Lipinski definition) is 10. The fourth-order valence-electron chi connectivity index (χ4n) is 3.82. The Kier molecular flexibility index (Phi) is 11.3. The van der Waals surface area contributed by atoms with Crippen LogP contribution in [0, 0.1) is 0 Å². The lowest BCUT2D eigenvalue weighted by atomic mass is 10.2. The molecule has 13 heteroatoms. The summed E-state index contributed by atoms with van der Waals surface area (Å²) in [6.07, 6.45) is -0.309. The molecule has 204 valence electrons. The van der Waals surface area contributed by atoms with Crippen molar-refractivity contribution < 1.29 is 19.0 Å². The molecule has 0 unspecified atom stereocenters. The maximum absolute atomic E-state index is 12.1. The lowest BCUT2D eigenvalue weighted by Crippen LogP contribution is -2.49. The normalized spacial score (nSPS) is 13.6. The van der Waals surface area contributed by atoms with E-state index in [2.05, 4.69) is 4.90 Å². The highest BCUT2D eigenvalue weighted by Crippen LogP contribution is 2.26. The number of piperazine rings is 1. The fraction of sp³-hybridized carbons (Fsp3) is 0.542. The smallest absolute Gasteiger partial charge is 0.409 e. The second kappa shape index (κ2) is 14.4. The highest BCUT2D eigenvalue weighted by atomic mass is 35.5. The van der Waals surface area contributed by atoms with Gasteiger partial charge in [-0.1, -0.05) is 29.3 Å². The quantitative estimate of drug-likeness (QED) is 0.310. The van der Waals surface area contributed by atoms with E-state index in [1.54, 1.807) is 38.2 Å². The minimum atomic E-state index is -0.309. The van der Waals surface area contributed by atoms with E-state index in [1.165, 1.54) is 5.01 Å². The number of hydrogen-bond donors (Lipinski definition) is 1. The van der Waals surface area contributed by atoms with Crippen molar-refractivity contribution in [2.24, 2.45) is 5.84 Å². The molecule has 1 aliphatic heterocycles. The highest BCUT2D eigenvalue weighted by molar-refractivity contribution is 6.35. The zero-order valence-corrected chi connectivity index (χ0v) is 23.0. The number of nitrogens with two attached hydrogens (primary N) is 1. The SMILES string of the molecule is CCOC(=O)N1CCN(c2nc(N(N)Cc3ccc(Cl)cc3Cl)cc(N(CCOC)CCOC)n2)CC1. The molecular weight excluding hydrogens is 521 g/mol. The van der Waals surface area contributed by atoms with Crippen LogP contribution < -0.4 is 20.7 Å². The Labute approximate surface area is 227 Å². The molecule has 0 saturated carbocycles. The zero-order chi connectivity index (χ0) is 26.8. The van der Waals surface area contributed by atoms with Crippen LogP contribution >= 0.6 is 23.2 Å². The van der Waals surface area contributed by atoms with Crippen molar-refractivity contribution in [3.8, 4) is 0 Å². The number of carbonyl (C=O) groups excluding carboxylic acids is 1. The molecule has 1 saturated heterocycles.